The molecule has 0 spiro atoms. The van der Waals surface area contributed by atoms with Gasteiger partial charge in [0.2, 0.25) is 5.91 Å². The molecule has 0 atom stereocenters. The Hall–Kier alpha value is -3.98. The molecule has 9 nitrogen and oxygen atoms in total. The second kappa shape index (κ2) is 11.2. The lowest BCUT2D eigenvalue weighted by molar-refractivity contribution is 0.0915. The Labute approximate surface area is 210 Å². The zero-order valence-corrected chi connectivity index (χ0v) is 20.6. The van der Waals surface area contributed by atoms with Crippen LogP contribution in [0.2, 0.25) is 0 Å². The number of carbonyl (C=O) groups is 3. The number of fused-ring (bicyclic) bond motifs is 1. The smallest absolute Gasteiger partial charge is 0.318 e. The van der Waals surface area contributed by atoms with Crippen molar-refractivity contribution in [1.29, 1.82) is 0 Å². The molecule has 3 aromatic rings. The van der Waals surface area contributed by atoms with Gasteiger partial charge in [-0.2, -0.15) is 5.10 Å². The van der Waals surface area contributed by atoms with Crippen LogP contribution < -0.4 is 11.1 Å². The maximum atomic E-state index is 13.0. The Balaban J connectivity index is 1.59. The topological polar surface area (TPSA) is 120 Å². The van der Waals surface area contributed by atoms with Crippen LogP contribution in [0.4, 0.5) is 4.79 Å². The molecule has 0 saturated carbocycles. The highest BCUT2D eigenvalue weighted by Crippen LogP contribution is 2.27. The number of ether oxygens (including phenoxy) is 1. The molecule has 0 fully saturated rings. The lowest BCUT2D eigenvalue weighted by atomic mass is 10.00. The van der Waals surface area contributed by atoms with Crippen LogP contribution in [0.25, 0.3) is 5.69 Å². The van der Waals surface area contributed by atoms with Crippen LogP contribution in [0.3, 0.4) is 0 Å². The van der Waals surface area contributed by atoms with Gasteiger partial charge in [0.25, 0.3) is 0 Å². The van der Waals surface area contributed by atoms with E-state index in [1.165, 1.54) is 4.90 Å². The van der Waals surface area contributed by atoms with Crippen molar-refractivity contribution in [3.05, 3.63) is 82.2 Å². The Bertz CT molecular complexity index is 1270. The van der Waals surface area contributed by atoms with Crippen LogP contribution in [-0.4, -0.2) is 52.7 Å². The fraction of sp³-hybridized carbons (Fsp3) is 0.333. The van der Waals surface area contributed by atoms with Gasteiger partial charge in [-0.25, -0.2) is 9.48 Å². The molecule has 188 valence electrons. The summed E-state index contributed by atoms with van der Waals surface area (Å²) in [4.78, 5) is 39.4. The standard InChI is InChI=1S/C27H31N5O4/c1-18-25-23(16-31(17-24(25)33)27(35)29-15-19-8-4-3-5-9-19)32(30-18)21-11-12-22(26(28)34)20(14-21)10-6-7-13-36-2/h3-5,8-9,11-12,14H,6-7,10,13,15-17H2,1-2H3,(H2,28,34)(H,29,35). The van der Waals surface area contributed by atoms with Crippen LogP contribution in [0.15, 0.2) is 48.5 Å². The fourth-order valence-electron chi connectivity index (χ4n) is 4.54. The summed E-state index contributed by atoms with van der Waals surface area (Å²) in [6.45, 7) is 3.04. The summed E-state index contributed by atoms with van der Waals surface area (Å²) in [6, 6.07) is 14.6. The Morgan fingerprint density at radius 1 is 1.11 bits per heavy atom. The number of methoxy groups -OCH3 is 1. The van der Waals surface area contributed by atoms with Crippen molar-refractivity contribution in [2.24, 2.45) is 5.73 Å². The number of benzene rings is 2. The molecule has 0 aliphatic carbocycles. The number of ketones is 1. The van der Waals surface area contributed by atoms with Crippen molar-refractivity contribution >= 4 is 17.7 Å². The number of carbonyl (C=O) groups excluding carboxylic acids is 3. The normalized spacial score (nSPS) is 12.9. The highest BCUT2D eigenvalue weighted by Gasteiger charge is 2.32. The number of hydrogen-bond acceptors (Lipinski definition) is 5. The predicted molar refractivity (Wildman–Crippen MR) is 135 cm³/mol. The van der Waals surface area contributed by atoms with E-state index in [-0.39, 0.29) is 24.9 Å². The van der Waals surface area contributed by atoms with Crippen LogP contribution in [-0.2, 0) is 24.2 Å². The van der Waals surface area contributed by atoms with E-state index >= 15 is 0 Å². The number of nitrogens with two attached hydrogens (primary N) is 1. The SMILES string of the molecule is COCCCCc1cc(-n2nc(C)c3c2CN(C(=O)NCc2ccccc2)CC3=O)ccc1C(N)=O. The third-order valence-electron chi connectivity index (χ3n) is 6.33. The molecular formula is C27H31N5O4. The number of nitrogens with one attached hydrogen (secondary N) is 1. The minimum Gasteiger partial charge on any atom is -0.385 e. The molecule has 1 aliphatic heterocycles. The summed E-state index contributed by atoms with van der Waals surface area (Å²) in [7, 11) is 1.66. The maximum Gasteiger partial charge on any atom is 0.318 e. The van der Waals surface area contributed by atoms with E-state index in [1.54, 1.807) is 30.8 Å². The molecule has 4 rings (SSSR count). The summed E-state index contributed by atoms with van der Waals surface area (Å²) in [5.41, 5.74) is 10.4. The third kappa shape index (κ3) is 5.46. The number of unbranched alkanes of at least 4 members (excludes halogenated alkanes) is 1. The van der Waals surface area contributed by atoms with Gasteiger partial charge in [-0.15, -0.1) is 0 Å². The van der Waals surface area contributed by atoms with Gasteiger partial charge in [0.05, 0.1) is 35.7 Å². The second-order valence-electron chi connectivity index (χ2n) is 8.90. The summed E-state index contributed by atoms with van der Waals surface area (Å²) < 4.78 is 6.82. The maximum absolute atomic E-state index is 13.0. The Morgan fingerprint density at radius 2 is 1.89 bits per heavy atom. The highest BCUT2D eigenvalue weighted by atomic mass is 16.5. The quantitative estimate of drug-likeness (QED) is 0.448. The molecular weight excluding hydrogens is 458 g/mol. The molecule has 1 aliphatic rings. The lowest BCUT2D eigenvalue weighted by Gasteiger charge is -2.27. The molecule has 36 heavy (non-hydrogen) atoms. The van der Waals surface area contributed by atoms with E-state index in [0.717, 1.165) is 24.0 Å². The Morgan fingerprint density at radius 3 is 2.61 bits per heavy atom. The predicted octanol–water partition coefficient (Wildman–Crippen LogP) is 3.16. The van der Waals surface area contributed by atoms with E-state index < -0.39 is 5.91 Å². The molecule has 0 bridgehead atoms. The average molecular weight is 490 g/mol. The van der Waals surface area contributed by atoms with Gasteiger partial charge in [0.15, 0.2) is 5.78 Å². The molecule has 3 N–H and O–H groups in total. The van der Waals surface area contributed by atoms with Crippen molar-refractivity contribution in [2.45, 2.75) is 39.3 Å². The van der Waals surface area contributed by atoms with Crippen LogP contribution in [0.5, 0.6) is 0 Å². The minimum absolute atomic E-state index is 0.00841. The van der Waals surface area contributed by atoms with Gasteiger partial charge >= 0.3 is 6.03 Å². The van der Waals surface area contributed by atoms with Gasteiger partial charge in [0.1, 0.15) is 0 Å². The van der Waals surface area contributed by atoms with E-state index in [0.29, 0.717) is 47.8 Å². The van der Waals surface area contributed by atoms with Crippen molar-refractivity contribution < 1.29 is 19.1 Å². The first-order valence-corrected chi connectivity index (χ1v) is 12.0. The van der Waals surface area contributed by atoms with Gasteiger partial charge in [0, 0.05) is 25.8 Å². The number of Topliss-reactive ketones (excluding diaryl/α,β-unsaturated/α-hetero) is 1. The number of amides is 3. The third-order valence-corrected chi connectivity index (χ3v) is 6.33. The first-order valence-electron chi connectivity index (χ1n) is 12.0. The van der Waals surface area contributed by atoms with Crippen molar-refractivity contribution in [1.82, 2.24) is 20.0 Å². The Kier molecular flexibility index (Phi) is 7.80. The van der Waals surface area contributed by atoms with Crippen molar-refractivity contribution in [3.63, 3.8) is 0 Å². The van der Waals surface area contributed by atoms with Gasteiger partial charge in [-0.1, -0.05) is 30.3 Å². The highest BCUT2D eigenvalue weighted by molar-refractivity contribution is 6.02. The van der Waals surface area contributed by atoms with Gasteiger partial charge in [-0.3, -0.25) is 9.59 Å². The van der Waals surface area contributed by atoms with Crippen LogP contribution in [0, 0.1) is 6.92 Å². The number of nitrogens with zero attached hydrogens (tertiary/aromatic N) is 3. The zero-order valence-electron chi connectivity index (χ0n) is 20.6. The summed E-state index contributed by atoms with van der Waals surface area (Å²) in [5, 5.41) is 7.52. The van der Waals surface area contributed by atoms with E-state index in [9.17, 15) is 14.4 Å². The first kappa shape index (κ1) is 25.1. The van der Waals surface area contributed by atoms with Gasteiger partial charge in [-0.05, 0) is 55.5 Å². The number of rotatable bonds is 9. The number of urea groups is 1. The number of aryl methyl sites for hydroxylation is 2. The fourth-order valence-corrected chi connectivity index (χ4v) is 4.54. The van der Waals surface area contributed by atoms with Crippen LogP contribution in [0.1, 0.15) is 56.1 Å². The molecule has 2 aromatic carbocycles. The largest absolute Gasteiger partial charge is 0.385 e. The molecule has 2 heterocycles. The molecule has 0 saturated heterocycles. The zero-order chi connectivity index (χ0) is 25.7. The number of hydrogen-bond donors (Lipinski definition) is 2. The molecule has 3 amide bonds. The summed E-state index contributed by atoms with van der Waals surface area (Å²) in [6.07, 6.45) is 2.35. The first-order chi connectivity index (χ1) is 17.4. The molecule has 0 unspecified atom stereocenters. The molecule has 0 radical (unpaired) electrons. The summed E-state index contributed by atoms with van der Waals surface area (Å²) in [5.74, 6) is -0.637. The van der Waals surface area contributed by atoms with Crippen molar-refractivity contribution in [3.8, 4) is 5.69 Å². The number of primary amides is 1. The molecule has 9 heteroatoms. The van der Waals surface area contributed by atoms with E-state index in [1.807, 2.05) is 36.4 Å². The van der Waals surface area contributed by atoms with E-state index in [4.69, 9.17) is 10.5 Å². The minimum atomic E-state index is -0.488. The number of aromatic nitrogens is 2. The second-order valence-corrected chi connectivity index (χ2v) is 8.90. The molecule has 1 aromatic heterocycles. The average Bonchev–Trinajstić information content (AvgIpc) is 3.22. The van der Waals surface area contributed by atoms with Crippen molar-refractivity contribution in [2.75, 3.05) is 20.3 Å². The summed E-state index contributed by atoms with van der Waals surface area (Å²) >= 11 is 0. The monoisotopic (exact) mass is 489 g/mol. The van der Waals surface area contributed by atoms with Crippen LogP contribution >= 0.6 is 0 Å². The van der Waals surface area contributed by atoms with E-state index in [2.05, 4.69) is 10.4 Å². The van der Waals surface area contributed by atoms with Gasteiger partial charge < -0.3 is 20.7 Å². The lowest BCUT2D eigenvalue weighted by Crippen LogP contribution is -2.45.